The molecule has 0 aromatic rings. The molecule has 1 aliphatic heterocycles. The molecule has 0 aromatic carbocycles. The van der Waals surface area contributed by atoms with Gasteiger partial charge < -0.3 is 5.32 Å². The Morgan fingerprint density at radius 3 is 2.33 bits per heavy atom. The van der Waals surface area contributed by atoms with Gasteiger partial charge in [0.25, 0.3) is 0 Å². The van der Waals surface area contributed by atoms with E-state index in [1.807, 2.05) is 0 Å². The van der Waals surface area contributed by atoms with Crippen LogP contribution in [0.2, 0.25) is 0 Å². The van der Waals surface area contributed by atoms with Crippen molar-refractivity contribution in [2.75, 3.05) is 6.54 Å². The molecule has 1 saturated heterocycles. The van der Waals surface area contributed by atoms with Crippen LogP contribution in [0.4, 0.5) is 0 Å². The minimum Gasteiger partial charge on any atom is -0.313 e. The Balaban J connectivity index is 2.40. The van der Waals surface area contributed by atoms with Gasteiger partial charge in [-0.1, -0.05) is 20.8 Å². The highest BCUT2D eigenvalue weighted by Crippen LogP contribution is 2.20. The fourth-order valence-electron chi connectivity index (χ4n) is 1.75. The van der Waals surface area contributed by atoms with E-state index in [1.165, 1.54) is 13.0 Å². The molecule has 54 valence electrons. The monoisotopic (exact) mass is 127 g/mol. The predicted octanol–water partition coefficient (Wildman–Crippen LogP) is 1.64. The van der Waals surface area contributed by atoms with E-state index in [9.17, 15) is 0 Å². The third-order valence-corrected chi connectivity index (χ3v) is 2.31. The molecule has 1 heteroatoms. The molecule has 0 aromatic heterocycles. The van der Waals surface area contributed by atoms with Crippen LogP contribution >= 0.6 is 0 Å². The van der Waals surface area contributed by atoms with Crippen LogP contribution in [0, 0.1) is 11.8 Å². The van der Waals surface area contributed by atoms with Crippen molar-refractivity contribution in [2.45, 2.75) is 33.2 Å². The van der Waals surface area contributed by atoms with Crippen molar-refractivity contribution in [2.24, 2.45) is 11.8 Å². The van der Waals surface area contributed by atoms with Crippen LogP contribution in [-0.2, 0) is 0 Å². The van der Waals surface area contributed by atoms with E-state index in [4.69, 9.17) is 0 Å². The molecular formula is C8H17N. The van der Waals surface area contributed by atoms with Gasteiger partial charge in [0.1, 0.15) is 0 Å². The zero-order chi connectivity index (χ0) is 6.85. The summed E-state index contributed by atoms with van der Waals surface area (Å²) in [6, 6.07) is 0.782. The summed E-state index contributed by atoms with van der Waals surface area (Å²) in [7, 11) is 0. The zero-order valence-corrected chi connectivity index (χ0v) is 6.65. The molecule has 1 aliphatic rings. The van der Waals surface area contributed by atoms with Crippen LogP contribution in [0.3, 0.4) is 0 Å². The Morgan fingerprint density at radius 1 is 1.44 bits per heavy atom. The maximum atomic E-state index is 3.51. The normalized spacial score (nSPS) is 36.0. The van der Waals surface area contributed by atoms with Crippen LogP contribution in [-0.4, -0.2) is 12.6 Å². The quantitative estimate of drug-likeness (QED) is 0.564. The van der Waals surface area contributed by atoms with Crippen LogP contribution in [0.1, 0.15) is 27.2 Å². The highest BCUT2D eigenvalue weighted by atomic mass is 15.0. The van der Waals surface area contributed by atoms with Crippen molar-refractivity contribution in [1.82, 2.24) is 5.32 Å². The van der Waals surface area contributed by atoms with Crippen molar-refractivity contribution in [1.29, 1.82) is 0 Å². The smallest absolute Gasteiger partial charge is 0.0116 e. The fourth-order valence-corrected chi connectivity index (χ4v) is 1.75. The van der Waals surface area contributed by atoms with Crippen molar-refractivity contribution >= 4 is 0 Å². The number of rotatable bonds is 1. The molecule has 9 heavy (non-hydrogen) atoms. The number of hydrogen-bond donors (Lipinski definition) is 1. The van der Waals surface area contributed by atoms with Gasteiger partial charge in [0.05, 0.1) is 0 Å². The topological polar surface area (TPSA) is 12.0 Å². The lowest BCUT2D eigenvalue weighted by atomic mass is 9.94. The average molecular weight is 127 g/mol. The van der Waals surface area contributed by atoms with Gasteiger partial charge in [-0.25, -0.2) is 0 Å². The first-order valence-corrected chi connectivity index (χ1v) is 3.95. The van der Waals surface area contributed by atoms with Gasteiger partial charge in [-0.3, -0.25) is 0 Å². The Kier molecular flexibility index (Phi) is 2.12. The molecule has 2 atom stereocenters. The molecule has 0 unspecified atom stereocenters. The van der Waals surface area contributed by atoms with Crippen LogP contribution < -0.4 is 5.32 Å². The Hall–Kier alpha value is -0.0400. The second-order valence-corrected chi connectivity index (χ2v) is 3.49. The van der Waals surface area contributed by atoms with E-state index in [0.717, 1.165) is 17.9 Å². The van der Waals surface area contributed by atoms with Gasteiger partial charge in [-0.2, -0.15) is 0 Å². The van der Waals surface area contributed by atoms with Gasteiger partial charge in [0.15, 0.2) is 0 Å². The van der Waals surface area contributed by atoms with Crippen LogP contribution in [0.25, 0.3) is 0 Å². The Morgan fingerprint density at radius 2 is 2.11 bits per heavy atom. The zero-order valence-electron chi connectivity index (χ0n) is 6.65. The molecule has 0 spiro atoms. The molecule has 1 N–H and O–H groups in total. The Labute approximate surface area is 57.8 Å². The number of nitrogens with one attached hydrogen (secondary N) is 1. The fraction of sp³-hybridized carbons (Fsp3) is 1.00. The second kappa shape index (κ2) is 2.70. The van der Waals surface area contributed by atoms with E-state index in [2.05, 4.69) is 26.1 Å². The summed E-state index contributed by atoms with van der Waals surface area (Å²) in [6.45, 7) is 8.15. The summed E-state index contributed by atoms with van der Waals surface area (Å²) in [4.78, 5) is 0. The van der Waals surface area contributed by atoms with Crippen molar-refractivity contribution in [3.63, 3.8) is 0 Å². The molecule has 1 fully saturated rings. The summed E-state index contributed by atoms with van der Waals surface area (Å²) < 4.78 is 0. The SMILES string of the molecule is CC(C)[C@@H]1NCC[C@H]1C. The highest BCUT2D eigenvalue weighted by Gasteiger charge is 2.24. The maximum Gasteiger partial charge on any atom is 0.0116 e. The largest absolute Gasteiger partial charge is 0.313 e. The van der Waals surface area contributed by atoms with Crippen LogP contribution in [0.15, 0.2) is 0 Å². The van der Waals surface area contributed by atoms with Gasteiger partial charge in [0.2, 0.25) is 0 Å². The average Bonchev–Trinajstić information content (AvgIpc) is 2.13. The minimum absolute atomic E-state index is 0.782. The summed E-state index contributed by atoms with van der Waals surface area (Å²) in [6.07, 6.45) is 1.36. The highest BCUT2D eigenvalue weighted by molar-refractivity contribution is 4.82. The lowest BCUT2D eigenvalue weighted by Crippen LogP contribution is -2.30. The summed E-state index contributed by atoms with van der Waals surface area (Å²) in [5.41, 5.74) is 0. The standard InChI is InChI=1S/C8H17N/c1-6(2)8-7(3)4-5-9-8/h6-9H,4-5H2,1-3H3/t7-,8+/m1/s1. The van der Waals surface area contributed by atoms with Crippen LogP contribution in [0.5, 0.6) is 0 Å². The molecule has 0 radical (unpaired) electrons. The molecule has 1 rings (SSSR count). The van der Waals surface area contributed by atoms with E-state index in [0.29, 0.717) is 0 Å². The van der Waals surface area contributed by atoms with Crippen molar-refractivity contribution in [3.8, 4) is 0 Å². The van der Waals surface area contributed by atoms with Gasteiger partial charge in [-0.15, -0.1) is 0 Å². The second-order valence-electron chi connectivity index (χ2n) is 3.49. The third-order valence-electron chi connectivity index (χ3n) is 2.31. The number of hydrogen-bond acceptors (Lipinski definition) is 1. The summed E-state index contributed by atoms with van der Waals surface area (Å²) in [5.74, 6) is 1.70. The first-order chi connectivity index (χ1) is 4.22. The first-order valence-electron chi connectivity index (χ1n) is 3.95. The predicted molar refractivity (Wildman–Crippen MR) is 40.4 cm³/mol. The van der Waals surface area contributed by atoms with E-state index < -0.39 is 0 Å². The molecular weight excluding hydrogens is 110 g/mol. The van der Waals surface area contributed by atoms with Gasteiger partial charge in [0, 0.05) is 6.04 Å². The minimum atomic E-state index is 0.782. The lowest BCUT2D eigenvalue weighted by Gasteiger charge is -2.19. The third kappa shape index (κ3) is 1.45. The van der Waals surface area contributed by atoms with E-state index in [1.54, 1.807) is 0 Å². The maximum absolute atomic E-state index is 3.51. The lowest BCUT2D eigenvalue weighted by molar-refractivity contribution is 0.375. The van der Waals surface area contributed by atoms with Crippen molar-refractivity contribution in [3.05, 3.63) is 0 Å². The van der Waals surface area contributed by atoms with Gasteiger partial charge in [-0.05, 0) is 24.8 Å². The summed E-state index contributed by atoms with van der Waals surface area (Å²) in [5, 5.41) is 3.51. The van der Waals surface area contributed by atoms with Crippen molar-refractivity contribution < 1.29 is 0 Å². The van der Waals surface area contributed by atoms with E-state index in [-0.39, 0.29) is 0 Å². The molecule has 0 bridgehead atoms. The van der Waals surface area contributed by atoms with Gasteiger partial charge >= 0.3 is 0 Å². The molecule has 0 amide bonds. The molecule has 1 heterocycles. The molecule has 0 saturated carbocycles. The van der Waals surface area contributed by atoms with E-state index >= 15 is 0 Å². The Bertz CT molecular complexity index is 88.6. The first kappa shape index (κ1) is 7.07. The summed E-state index contributed by atoms with van der Waals surface area (Å²) >= 11 is 0. The molecule has 1 nitrogen and oxygen atoms in total. The molecule has 0 aliphatic carbocycles.